The quantitative estimate of drug-likeness (QED) is 0.475. The van der Waals surface area contributed by atoms with Crippen LogP contribution in [0.25, 0.3) is 5.57 Å². The lowest BCUT2D eigenvalue weighted by atomic mass is 9.80. The molecular formula is C31H45N5O4S. The van der Waals surface area contributed by atoms with Crippen LogP contribution in [-0.4, -0.2) is 47.6 Å². The van der Waals surface area contributed by atoms with Crippen LogP contribution in [0.5, 0.6) is 0 Å². The number of hydrogen-bond donors (Lipinski definition) is 2. The zero-order chi connectivity index (χ0) is 30.8. The fourth-order valence-electron chi connectivity index (χ4n) is 6.34. The molecule has 1 atom stereocenters. The van der Waals surface area contributed by atoms with Crippen LogP contribution in [0.4, 0.5) is 11.6 Å². The van der Waals surface area contributed by atoms with Crippen molar-refractivity contribution in [1.29, 1.82) is 0 Å². The normalized spacial score (nSPS) is 21.9. The molecule has 0 saturated carbocycles. The number of rotatable bonds is 5. The van der Waals surface area contributed by atoms with Crippen molar-refractivity contribution >= 4 is 33.1 Å². The molecule has 1 unspecified atom stereocenters. The van der Waals surface area contributed by atoms with Gasteiger partial charge in [0.05, 0.1) is 22.5 Å². The lowest BCUT2D eigenvalue weighted by Crippen LogP contribution is -2.42. The fourth-order valence-corrected chi connectivity index (χ4v) is 7.28. The van der Waals surface area contributed by atoms with Gasteiger partial charge < -0.3 is 15.4 Å². The second-order valence-corrected chi connectivity index (χ2v) is 16.0. The first-order valence-corrected chi connectivity index (χ1v) is 15.6. The Kier molecular flexibility index (Phi) is 7.62. The minimum absolute atomic E-state index is 0.0454. The predicted octanol–water partition coefficient (Wildman–Crippen LogP) is 5.46. The summed E-state index contributed by atoms with van der Waals surface area (Å²) in [6.45, 7) is 21.6. The molecule has 3 N–H and O–H groups in total. The topological polar surface area (TPSA) is 128 Å². The molecule has 0 aliphatic carbocycles. The van der Waals surface area contributed by atoms with Crippen molar-refractivity contribution in [2.45, 2.75) is 109 Å². The van der Waals surface area contributed by atoms with Gasteiger partial charge in [-0.25, -0.2) is 14.7 Å². The van der Waals surface area contributed by atoms with Crippen LogP contribution in [0.2, 0.25) is 0 Å². The average Bonchev–Trinajstić information content (AvgIpc) is 3.06. The summed E-state index contributed by atoms with van der Waals surface area (Å²) >= 11 is 0. The first-order chi connectivity index (χ1) is 18.6. The smallest absolute Gasteiger partial charge is 0.281 e. The molecule has 2 aromatic heterocycles. The summed E-state index contributed by atoms with van der Waals surface area (Å²) in [6, 6.07) is 6.10. The fraction of sp³-hybridized carbons (Fsp3) is 0.581. The van der Waals surface area contributed by atoms with Crippen LogP contribution in [0.15, 0.2) is 35.4 Å². The number of amides is 1. The highest BCUT2D eigenvalue weighted by atomic mass is 32.2. The number of nitrogens with two attached hydrogens (primary N) is 1. The van der Waals surface area contributed by atoms with E-state index in [0.29, 0.717) is 24.7 Å². The van der Waals surface area contributed by atoms with Crippen LogP contribution in [0.3, 0.4) is 0 Å². The van der Waals surface area contributed by atoms with E-state index >= 15 is 0 Å². The number of nitrogens with zero attached hydrogens (tertiary/aromatic N) is 3. The molecule has 1 amide bonds. The highest BCUT2D eigenvalue weighted by molar-refractivity contribution is 7.90. The number of carbonyl (C=O) groups is 1. The number of pyridine rings is 2. The Morgan fingerprint density at radius 2 is 1.78 bits per heavy atom. The van der Waals surface area contributed by atoms with Crippen LogP contribution in [-0.2, 0) is 20.2 Å². The van der Waals surface area contributed by atoms with Crippen LogP contribution in [0.1, 0.15) is 104 Å². The van der Waals surface area contributed by atoms with E-state index in [4.69, 9.17) is 15.5 Å². The molecular weight excluding hydrogens is 538 g/mol. The number of nitrogen functional groups attached to an aromatic ring is 1. The maximum Gasteiger partial charge on any atom is 0.281 e. The van der Waals surface area contributed by atoms with E-state index in [1.165, 1.54) is 18.2 Å². The number of ether oxygens (including phenoxy) is 1. The zero-order valence-electron chi connectivity index (χ0n) is 26.0. The number of aromatic nitrogens is 2. The standard InChI is InChI=1S/C31H45N5O4S/c1-19-15-29(5,6)36(18-19)26-22(27(37)35-41(38,39)24-13-11-12-23(32)33-24)14-21(25(34-26)28(2,3)4)20-16-30(7,8)40-31(9,10)17-20/h11-14,16,19H,15,17-18H2,1-10H3,(H2,32,33)(H,35,37). The largest absolute Gasteiger partial charge is 0.384 e. The third-order valence-corrected chi connectivity index (χ3v) is 8.79. The minimum atomic E-state index is -4.29. The maximum atomic E-state index is 14.0. The van der Waals surface area contributed by atoms with Crippen LogP contribution >= 0.6 is 0 Å². The van der Waals surface area contributed by atoms with E-state index in [9.17, 15) is 13.2 Å². The van der Waals surface area contributed by atoms with E-state index in [1.807, 2.05) is 33.8 Å². The molecule has 0 spiro atoms. The molecule has 2 aliphatic rings. The third-order valence-electron chi connectivity index (χ3n) is 7.56. The van der Waals surface area contributed by atoms with Gasteiger partial charge in [0.1, 0.15) is 11.6 Å². The lowest BCUT2D eigenvalue weighted by Gasteiger charge is -2.41. The van der Waals surface area contributed by atoms with E-state index in [0.717, 1.165) is 23.3 Å². The Morgan fingerprint density at radius 1 is 1.12 bits per heavy atom. The summed E-state index contributed by atoms with van der Waals surface area (Å²) < 4.78 is 35.1. The molecule has 1 fully saturated rings. The molecule has 2 aliphatic heterocycles. The van der Waals surface area contributed by atoms with Crippen molar-refractivity contribution in [2.24, 2.45) is 5.92 Å². The Labute approximate surface area is 245 Å². The summed E-state index contributed by atoms with van der Waals surface area (Å²) in [4.78, 5) is 25.3. The SMILES string of the molecule is CC1CN(c2nc(C(C)(C)C)c(C3=CC(C)(C)OC(C)(C)C3)cc2C(=O)NS(=O)(=O)c2cccc(N)n2)C(C)(C)C1. The molecule has 0 bridgehead atoms. The predicted molar refractivity (Wildman–Crippen MR) is 163 cm³/mol. The van der Waals surface area contributed by atoms with E-state index in [2.05, 4.69) is 62.2 Å². The van der Waals surface area contributed by atoms with Crippen molar-refractivity contribution in [3.8, 4) is 0 Å². The van der Waals surface area contributed by atoms with E-state index in [1.54, 1.807) is 0 Å². The second kappa shape index (κ2) is 10.1. The first-order valence-electron chi connectivity index (χ1n) is 14.2. The van der Waals surface area contributed by atoms with Gasteiger partial charge in [-0.1, -0.05) is 33.8 Å². The third kappa shape index (κ3) is 6.59. The number of sulfonamides is 1. The molecule has 41 heavy (non-hydrogen) atoms. The van der Waals surface area contributed by atoms with Crippen molar-refractivity contribution in [1.82, 2.24) is 14.7 Å². The number of nitrogens with one attached hydrogen (secondary N) is 1. The molecule has 0 radical (unpaired) electrons. The van der Waals surface area contributed by atoms with E-state index in [-0.39, 0.29) is 27.4 Å². The number of carbonyl (C=O) groups excluding carboxylic acids is 1. The van der Waals surface area contributed by atoms with Crippen LogP contribution in [0, 0.1) is 5.92 Å². The molecule has 0 aromatic carbocycles. The second-order valence-electron chi connectivity index (χ2n) is 14.4. The lowest BCUT2D eigenvalue weighted by molar-refractivity contribution is -0.100. The van der Waals surface area contributed by atoms with Gasteiger partial charge in [-0.3, -0.25) is 4.79 Å². The first kappa shape index (κ1) is 31.0. The van der Waals surface area contributed by atoms with Gasteiger partial charge in [-0.05, 0) is 83.7 Å². The van der Waals surface area contributed by atoms with Crippen molar-refractivity contribution in [3.63, 3.8) is 0 Å². The van der Waals surface area contributed by atoms with Gasteiger partial charge >= 0.3 is 0 Å². The van der Waals surface area contributed by atoms with Crippen molar-refractivity contribution in [2.75, 3.05) is 17.2 Å². The zero-order valence-corrected chi connectivity index (χ0v) is 26.9. The summed E-state index contributed by atoms with van der Waals surface area (Å²) in [5, 5.41) is -0.322. The van der Waals surface area contributed by atoms with Gasteiger partial charge in [0, 0.05) is 29.5 Å². The Morgan fingerprint density at radius 3 is 2.32 bits per heavy atom. The molecule has 9 nitrogen and oxygen atoms in total. The Hall–Kier alpha value is -2.98. The molecule has 2 aromatic rings. The molecule has 4 rings (SSSR count). The highest BCUT2D eigenvalue weighted by Gasteiger charge is 2.42. The summed E-state index contributed by atoms with van der Waals surface area (Å²) in [5.74, 6) is 0.136. The molecule has 4 heterocycles. The molecule has 1 saturated heterocycles. The minimum Gasteiger partial charge on any atom is -0.384 e. The maximum absolute atomic E-state index is 14.0. The molecule has 10 heteroatoms. The molecule has 224 valence electrons. The Balaban J connectivity index is 1.95. The van der Waals surface area contributed by atoms with E-state index < -0.39 is 27.1 Å². The average molecular weight is 584 g/mol. The number of anilines is 2. The Bertz CT molecular complexity index is 1500. The van der Waals surface area contributed by atoms with Gasteiger partial charge in [0.15, 0.2) is 5.03 Å². The van der Waals surface area contributed by atoms with Gasteiger partial charge in [0.25, 0.3) is 15.9 Å². The van der Waals surface area contributed by atoms with Gasteiger partial charge in [0.2, 0.25) is 0 Å². The van der Waals surface area contributed by atoms with Crippen molar-refractivity contribution < 1.29 is 17.9 Å². The van der Waals surface area contributed by atoms with Gasteiger partial charge in [-0.2, -0.15) is 8.42 Å². The van der Waals surface area contributed by atoms with Crippen LogP contribution < -0.4 is 15.4 Å². The highest BCUT2D eigenvalue weighted by Crippen LogP contribution is 2.44. The summed E-state index contributed by atoms with van der Waals surface area (Å²) in [6.07, 6.45) is 3.61. The number of hydrogen-bond acceptors (Lipinski definition) is 8. The monoisotopic (exact) mass is 583 g/mol. The van der Waals surface area contributed by atoms with Crippen molar-refractivity contribution in [3.05, 3.63) is 47.2 Å². The van der Waals surface area contributed by atoms with Gasteiger partial charge in [-0.15, -0.1) is 0 Å². The summed E-state index contributed by atoms with van der Waals surface area (Å²) in [5.41, 5.74) is 6.98. The summed E-state index contributed by atoms with van der Waals surface area (Å²) in [7, 11) is -4.29.